The first-order valence-electron chi connectivity index (χ1n) is 12.3. The van der Waals surface area contributed by atoms with Gasteiger partial charge >= 0.3 is 0 Å². The van der Waals surface area contributed by atoms with Gasteiger partial charge in [0.2, 0.25) is 5.91 Å². The fourth-order valence-electron chi connectivity index (χ4n) is 5.70. The number of carbonyl (C=O) groups is 1. The van der Waals surface area contributed by atoms with Crippen molar-refractivity contribution in [2.75, 3.05) is 62.2 Å². The lowest BCUT2D eigenvalue weighted by Crippen LogP contribution is -2.51. The summed E-state index contributed by atoms with van der Waals surface area (Å²) < 4.78 is 1.99. The third-order valence-electron chi connectivity index (χ3n) is 7.71. The third kappa shape index (κ3) is 3.74. The zero-order valence-electron chi connectivity index (χ0n) is 19.4. The van der Waals surface area contributed by atoms with Crippen molar-refractivity contribution in [2.24, 2.45) is 0 Å². The molecule has 1 amide bonds. The number of benzene rings is 1. The maximum absolute atomic E-state index is 12.1. The maximum atomic E-state index is 12.1. The molecule has 0 bridgehead atoms. The zero-order valence-corrected chi connectivity index (χ0v) is 19.4. The molecule has 0 saturated carbocycles. The summed E-state index contributed by atoms with van der Waals surface area (Å²) in [7, 11) is 0. The highest BCUT2D eigenvalue weighted by molar-refractivity contribution is 5.82. The predicted octanol–water partition coefficient (Wildman–Crippen LogP) is 2.95. The van der Waals surface area contributed by atoms with Crippen molar-refractivity contribution >= 4 is 22.8 Å². The molecule has 0 spiro atoms. The average Bonchev–Trinajstić information content (AvgIpc) is 3.47. The smallest absolute Gasteiger partial charge is 0.223 e. The monoisotopic (exact) mass is 444 g/mol. The Morgan fingerprint density at radius 1 is 0.939 bits per heavy atom. The van der Waals surface area contributed by atoms with Gasteiger partial charge in [-0.25, -0.2) is 4.52 Å². The van der Waals surface area contributed by atoms with Crippen LogP contribution in [0.4, 0.5) is 11.4 Å². The van der Waals surface area contributed by atoms with Crippen LogP contribution in [0.15, 0.2) is 48.8 Å². The van der Waals surface area contributed by atoms with Crippen molar-refractivity contribution in [1.29, 1.82) is 0 Å². The molecule has 2 aromatic heterocycles. The van der Waals surface area contributed by atoms with E-state index in [1.807, 2.05) is 10.7 Å². The van der Waals surface area contributed by atoms with Crippen LogP contribution in [0.1, 0.15) is 19.8 Å². The van der Waals surface area contributed by atoms with E-state index in [2.05, 4.69) is 74.2 Å². The minimum atomic E-state index is 0.320. The largest absolute Gasteiger partial charge is 0.369 e. The van der Waals surface area contributed by atoms with Gasteiger partial charge in [-0.2, -0.15) is 5.10 Å². The summed E-state index contributed by atoms with van der Waals surface area (Å²) >= 11 is 0. The van der Waals surface area contributed by atoms with Gasteiger partial charge in [0.05, 0.1) is 11.2 Å². The molecule has 172 valence electrons. The van der Waals surface area contributed by atoms with Crippen molar-refractivity contribution in [3.05, 3.63) is 48.8 Å². The number of likely N-dealkylation sites (N-methyl/N-ethyl adjacent to an activating group) is 1. The van der Waals surface area contributed by atoms with E-state index in [-0.39, 0.29) is 0 Å². The van der Waals surface area contributed by atoms with Crippen LogP contribution in [0.5, 0.6) is 0 Å². The van der Waals surface area contributed by atoms with Gasteiger partial charge in [0.25, 0.3) is 0 Å². The highest BCUT2D eigenvalue weighted by Gasteiger charge is 2.36. The zero-order chi connectivity index (χ0) is 22.4. The number of amides is 1. The lowest BCUT2D eigenvalue weighted by atomic mass is 10.1. The van der Waals surface area contributed by atoms with E-state index in [9.17, 15) is 4.79 Å². The first kappa shape index (κ1) is 20.5. The number of piperazine rings is 2. The summed E-state index contributed by atoms with van der Waals surface area (Å²) in [5, 5.41) is 4.58. The van der Waals surface area contributed by atoms with Gasteiger partial charge in [-0.1, -0.05) is 19.1 Å². The second-order valence-electron chi connectivity index (χ2n) is 9.47. The molecule has 3 saturated heterocycles. The van der Waals surface area contributed by atoms with Gasteiger partial charge in [-0.3, -0.25) is 4.79 Å². The Bertz CT molecular complexity index is 1150. The lowest BCUT2D eigenvalue weighted by Gasteiger charge is -2.39. The van der Waals surface area contributed by atoms with Crippen LogP contribution in [-0.4, -0.2) is 83.7 Å². The van der Waals surface area contributed by atoms with Gasteiger partial charge in [-0.05, 0) is 42.8 Å². The first-order valence-corrected chi connectivity index (χ1v) is 12.3. The summed E-state index contributed by atoms with van der Waals surface area (Å²) in [6.45, 7) is 10.4. The Morgan fingerprint density at radius 3 is 2.52 bits per heavy atom. The van der Waals surface area contributed by atoms with Crippen LogP contribution >= 0.6 is 0 Å². The van der Waals surface area contributed by atoms with Crippen molar-refractivity contribution < 1.29 is 4.79 Å². The molecule has 3 aliphatic heterocycles. The van der Waals surface area contributed by atoms with Crippen molar-refractivity contribution in [3.8, 4) is 11.1 Å². The third-order valence-corrected chi connectivity index (χ3v) is 7.71. The van der Waals surface area contributed by atoms with Crippen molar-refractivity contribution in [1.82, 2.24) is 19.4 Å². The number of aromatic nitrogens is 2. The molecule has 7 heteroatoms. The van der Waals surface area contributed by atoms with E-state index in [0.29, 0.717) is 18.4 Å². The highest BCUT2D eigenvalue weighted by atomic mass is 16.2. The Kier molecular flexibility index (Phi) is 5.21. The fourth-order valence-corrected chi connectivity index (χ4v) is 5.70. The molecule has 3 fully saturated rings. The summed E-state index contributed by atoms with van der Waals surface area (Å²) in [6.07, 6.45) is 5.69. The topological polar surface area (TPSA) is 47.3 Å². The molecule has 0 aliphatic carbocycles. The van der Waals surface area contributed by atoms with Crippen LogP contribution in [0, 0.1) is 0 Å². The minimum absolute atomic E-state index is 0.320. The normalized spacial score (nSPS) is 21.8. The molecular weight excluding hydrogens is 412 g/mol. The van der Waals surface area contributed by atoms with E-state index in [1.165, 1.54) is 22.5 Å². The Labute approximate surface area is 195 Å². The lowest BCUT2D eigenvalue weighted by molar-refractivity contribution is -0.129. The minimum Gasteiger partial charge on any atom is -0.369 e. The second kappa shape index (κ2) is 8.37. The van der Waals surface area contributed by atoms with E-state index in [1.54, 1.807) is 0 Å². The first-order chi connectivity index (χ1) is 16.2. The van der Waals surface area contributed by atoms with E-state index in [4.69, 9.17) is 0 Å². The van der Waals surface area contributed by atoms with E-state index in [0.717, 1.165) is 64.3 Å². The highest BCUT2D eigenvalue weighted by Crippen LogP contribution is 2.32. The van der Waals surface area contributed by atoms with Gasteiger partial charge in [0.15, 0.2) is 0 Å². The van der Waals surface area contributed by atoms with Crippen LogP contribution in [-0.2, 0) is 4.79 Å². The molecule has 1 atom stereocenters. The SMILES string of the molecule is CCN1CCN(c2ccc(-c3cc4c(N5CCN6C(=O)CCC6C5)ccnn4c3)cc2)CC1. The fraction of sp³-hybridized carbons (Fsp3) is 0.462. The van der Waals surface area contributed by atoms with E-state index >= 15 is 0 Å². The summed E-state index contributed by atoms with van der Waals surface area (Å²) in [4.78, 5) is 21.6. The van der Waals surface area contributed by atoms with Gasteiger partial charge in [-0.15, -0.1) is 0 Å². The average molecular weight is 445 g/mol. The molecule has 3 aliphatic rings. The summed E-state index contributed by atoms with van der Waals surface area (Å²) in [5.41, 5.74) is 6.05. The number of carbonyl (C=O) groups excluding carboxylic acids is 1. The number of nitrogens with zero attached hydrogens (tertiary/aromatic N) is 6. The predicted molar refractivity (Wildman–Crippen MR) is 132 cm³/mol. The van der Waals surface area contributed by atoms with Gasteiger partial charge in [0, 0.05) is 81.9 Å². The molecular formula is C26H32N6O. The quantitative estimate of drug-likeness (QED) is 0.619. The second-order valence-corrected chi connectivity index (χ2v) is 9.47. The molecule has 3 aromatic rings. The standard InChI is InChI=1S/C26H32N6O/c1-2-28-11-13-29(14-12-28)22-5-3-20(4-6-22)21-17-25-24(9-10-27-32(25)18-21)30-15-16-31-23(19-30)7-8-26(31)33/h3-6,9-10,17-18,23H,2,7-8,11-16,19H2,1H3. The molecule has 33 heavy (non-hydrogen) atoms. The van der Waals surface area contributed by atoms with Crippen LogP contribution in [0.2, 0.25) is 0 Å². The van der Waals surface area contributed by atoms with E-state index < -0.39 is 0 Å². The number of hydrogen-bond donors (Lipinski definition) is 0. The molecule has 1 unspecified atom stereocenters. The van der Waals surface area contributed by atoms with Crippen LogP contribution in [0.25, 0.3) is 16.6 Å². The molecule has 6 rings (SSSR count). The molecule has 7 nitrogen and oxygen atoms in total. The van der Waals surface area contributed by atoms with Gasteiger partial charge in [0.1, 0.15) is 0 Å². The van der Waals surface area contributed by atoms with Crippen molar-refractivity contribution in [2.45, 2.75) is 25.8 Å². The van der Waals surface area contributed by atoms with Crippen LogP contribution in [0.3, 0.4) is 0 Å². The molecule has 0 N–H and O–H groups in total. The summed E-state index contributed by atoms with van der Waals surface area (Å²) in [6, 6.07) is 13.7. The Hall–Kier alpha value is -3.06. The number of fused-ring (bicyclic) bond motifs is 2. The number of anilines is 2. The Morgan fingerprint density at radius 2 is 1.73 bits per heavy atom. The molecule has 5 heterocycles. The number of hydrogen-bond acceptors (Lipinski definition) is 5. The summed E-state index contributed by atoms with van der Waals surface area (Å²) in [5.74, 6) is 0.320. The van der Waals surface area contributed by atoms with Gasteiger partial charge < -0.3 is 19.6 Å². The van der Waals surface area contributed by atoms with Crippen molar-refractivity contribution in [3.63, 3.8) is 0 Å². The Balaban J connectivity index is 1.23. The molecule has 0 radical (unpaired) electrons. The maximum Gasteiger partial charge on any atom is 0.223 e. The molecule has 1 aromatic carbocycles. The van der Waals surface area contributed by atoms with Crippen LogP contribution < -0.4 is 9.80 Å². The number of rotatable bonds is 4.